The normalized spacial score (nSPS) is 22.7. The maximum atomic E-state index is 12.7. The van der Waals surface area contributed by atoms with Crippen LogP contribution >= 0.6 is 0 Å². The Kier molecular flexibility index (Phi) is 6.01. The first kappa shape index (κ1) is 21.7. The summed E-state index contributed by atoms with van der Waals surface area (Å²) in [5.41, 5.74) is 0.190. The molecule has 0 aliphatic carbocycles. The van der Waals surface area contributed by atoms with Gasteiger partial charge in [-0.05, 0) is 18.6 Å². The van der Waals surface area contributed by atoms with E-state index in [1.807, 2.05) is 13.0 Å². The van der Waals surface area contributed by atoms with Crippen molar-refractivity contribution in [2.75, 3.05) is 12.4 Å². The molecule has 4 rings (SSSR count). The molecular weight excluding hydrogens is 418 g/mol. The number of aromatic amines is 1. The number of hydrogen-bond donors (Lipinski definition) is 2. The van der Waals surface area contributed by atoms with E-state index in [1.165, 1.54) is 20.4 Å². The maximum absolute atomic E-state index is 12.7. The molecule has 168 valence electrons. The minimum Gasteiger partial charge on any atom is -0.453 e. The molecule has 3 heterocycles. The number of hydrogen-bond acceptors (Lipinski definition) is 8. The molecule has 1 aliphatic heterocycles. The van der Waals surface area contributed by atoms with Crippen molar-refractivity contribution in [1.29, 1.82) is 0 Å². The first-order valence-electron chi connectivity index (χ1n) is 10.1. The molecule has 0 saturated carbocycles. The average Bonchev–Trinajstić information content (AvgIpc) is 3.34. The average molecular weight is 441 g/mol. The number of H-pyrrole nitrogens is 1. The van der Waals surface area contributed by atoms with Crippen LogP contribution in [0.4, 0.5) is 5.95 Å². The fourth-order valence-electron chi connectivity index (χ4n) is 3.76. The number of benzene rings is 1. The monoisotopic (exact) mass is 441 g/mol. The van der Waals surface area contributed by atoms with Gasteiger partial charge in [-0.15, -0.1) is 0 Å². The summed E-state index contributed by atoms with van der Waals surface area (Å²) in [5, 5.41) is 2.46. The Hall–Kier alpha value is -3.57. The predicted molar refractivity (Wildman–Crippen MR) is 113 cm³/mol. The van der Waals surface area contributed by atoms with Crippen LogP contribution < -0.4 is 10.9 Å². The molecule has 4 atom stereocenters. The van der Waals surface area contributed by atoms with E-state index in [2.05, 4.69) is 20.3 Å². The molecule has 1 amide bonds. The fourth-order valence-corrected chi connectivity index (χ4v) is 3.76. The molecule has 0 radical (unpaired) electrons. The number of fused-ring (bicyclic) bond motifs is 1. The molecule has 32 heavy (non-hydrogen) atoms. The zero-order valence-electron chi connectivity index (χ0n) is 17.8. The van der Waals surface area contributed by atoms with Crippen molar-refractivity contribution in [1.82, 2.24) is 19.5 Å². The Balaban J connectivity index is 1.68. The minimum absolute atomic E-state index is 0.0113. The van der Waals surface area contributed by atoms with Gasteiger partial charge in [0.1, 0.15) is 6.10 Å². The molecule has 0 unspecified atom stereocenters. The summed E-state index contributed by atoms with van der Waals surface area (Å²) in [6.07, 6.45) is -0.627. The topological polar surface area (TPSA) is 137 Å². The van der Waals surface area contributed by atoms with E-state index in [-0.39, 0.29) is 23.0 Å². The third-order valence-electron chi connectivity index (χ3n) is 5.21. The number of amides is 1. The number of esters is 1. The summed E-state index contributed by atoms with van der Waals surface area (Å²) in [4.78, 5) is 47.4. The first-order valence-corrected chi connectivity index (χ1v) is 10.1. The van der Waals surface area contributed by atoms with Crippen LogP contribution in [-0.2, 0) is 19.0 Å². The lowest BCUT2D eigenvalue weighted by Gasteiger charge is -2.23. The van der Waals surface area contributed by atoms with Crippen LogP contribution in [0, 0.1) is 0 Å². The molecular formula is C21H23N5O6. The highest BCUT2D eigenvalue weighted by atomic mass is 16.6. The van der Waals surface area contributed by atoms with Gasteiger partial charge < -0.3 is 14.2 Å². The van der Waals surface area contributed by atoms with Gasteiger partial charge >= 0.3 is 5.97 Å². The van der Waals surface area contributed by atoms with Gasteiger partial charge in [0.05, 0.1) is 18.0 Å². The quantitative estimate of drug-likeness (QED) is 0.551. The number of methoxy groups -OCH3 is 1. The van der Waals surface area contributed by atoms with E-state index in [0.717, 1.165) is 0 Å². The molecule has 1 fully saturated rings. The van der Waals surface area contributed by atoms with Crippen molar-refractivity contribution < 1.29 is 23.8 Å². The molecule has 0 bridgehead atoms. The second kappa shape index (κ2) is 8.89. The highest BCUT2D eigenvalue weighted by Gasteiger charge is 2.48. The smallest absolute Gasteiger partial charge is 0.338 e. The fraction of sp³-hybridized carbons (Fsp3) is 0.381. The molecule has 11 heteroatoms. The van der Waals surface area contributed by atoms with Gasteiger partial charge in [-0.2, -0.15) is 4.98 Å². The number of carbonyl (C=O) groups is 2. The molecule has 2 aromatic heterocycles. The second-order valence-corrected chi connectivity index (χ2v) is 7.33. The summed E-state index contributed by atoms with van der Waals surface area (Å²) in [6, 6.07) is 8.65. The van der Waals surface area contributed by atoms with E-state index in [9.17, 15) is 14.4 Å². The number of aromatic nitrogens is 4. The maximum Gasteiger partial charge on any atom is 0.338 e. The number of nitrogens with one attached hydrogen (secondary N) is 2. The van der Waals surface area contributed by atoms with Crippen LogP contribution in [0.25, 0.3) is 11.2 Å². The Bertz CT molecular complexity index is 1190. The van der Waals surface area contributed by atoms with Crippen LogP contribution in [0.1, 0.15) is 36.9 Å². The van der Waals surface area contributed by atoms with Crippen LogP contribution in [0.15, 0.2) is 41.5 Å². The van der Waals surface area contributed by atoms with E-state index in [1.54, 1.807) is 28.8 Å². The van der Waals surface area contributed by atoms with Gasteiger partial charge in [0.25, 0.3) is 5.56 Å². The second-order valence-electron chi connectivity index (χ2n) is 7.33. The summed E-state index contributed by atoms with van der Waals surface area (Å²) >= 11 is 0. The summed E-state index contributed by atoms with van der Waals surface area (Å²) in [5.74, 6) is -0.884. The minimum atomic E-state index is -0.761. The van der Waals surface area contributed by atoms with Gasteiger partial charge in [0.15, 0.2) is 23.5 Å². The summed E-state index contributed by atoms with van der Waals surface area (Å²) in [6.45, 7) is 3.22. The highest BCUT2D eigenvalue weighted by molar-refractivity contribution is 5.89. The Morgan fingerprint density at radius 1 is 1.25 bits per heavy atom. The number of carbonyl (C=O) groups excluding carboxylic acids is 2. The van der Waals surface area contributed by atoms with Crippen molar-refractivity contribution in [3.63, 3.8) is 0 Å². The van der Waals surface area contributed by atoms with Crippen LogP contribution in [0.3, 0.4) is 0 Å². The molecule has 1 saturated heterocycles. The molecule has 1 aliphatic rings. The van der Waals surface area contributed by atoms with Crippen molar-refractivity contribution in [3.05, 3.63) is 52.6 Å². The lowest BCUT2D eigenvalue weighted by atomic mass is 10.1. The van der Waals surface area contributed by atoms with Gasteiger partial charge in [-0.3, -0.25) is 24.5 Å². The lowest BCUT2D eigenvalue weighted by Crippen LogP contribution is -2.37. The van der Waals surface area contributed by atoms with Crippen molar-refractivity contribution in [2.45, 2.75) is 44.8 Å². The highest BCUT2D eigenvalue weighted by Crippen LogP contribution is 2.36. The van der Waals surface area contributed by atoms with Crippen molar-refractivity contribution >= 4 is 29.0 Å². The largest absolute Gasteiger partial charge is 0.453 e. The molecule has 11 nitrogen and oxygen atoms in total. The molecule has 1 aromatic carbocycles. The SMILES string of the molecule is CC[C@H]1O[C@@H](n2cnc3c(=O)[nH]c(NC(C)=O)nc32)[C@H](OC)[C@@H]1OC(=O)c1ccccc1. The third kappa shape index (κ3) is 3.99. The van der Waals surface area contributed by atoms with E-state index < -0.39 is 36.1 Å². The van der Waals surface area contributed by atoms with Gasteiger partial charge in [-0.1, -0.05) is 25.1 Å². The molecule has 0 spiro atoms. The van der Waals surface area contributed by atoms with Gasteiger partial charge in [0, 0.05) is 14.0 Å². The summed E-state index contributed by atoms with van der Waals surface area (Å²) in [7, 11) is 1.49. The number of imidazole rings is 1. The van der Waals surface area contributed by atoms with Crippen LogP contribution in [0.2, 0.25) is 0 Å². The van der Waals surface area contributed by atoms with Gasteiger partial charge in [0.2, 0.25) is 11.9 Å². The van der Waals surface area contributed by atoms with E-state index in [0.29, 0.717) is 12.0 Å². The Morgan fingerprint density at radius 2 is 2.00 bits per heavy atom. The standard InChI is InChI=1S/C21H23N5O6/c1-4-13-15(32-20(29)12-8-6-5-7-9-12)16(30-3)19(31-13)26-10-22-14-17(26)24-21(23-11(2)27)25-18(14)28/h5-10,13,15-16,19H,4H2,1-3H3,(H2,23,24,25,27,28)/t13-,15-,16-,19-/m1/s1. The number of rotatable bonds is 6. The zero-order chi connectivity index (χ0) is 22.8. The van der Waals surface area contributed by atoms with Crippen LogP contribution in [-0.4, -0.2) is 56.8 Å². The first-order chi connectivity index (χ1) is 15.4. The Labute approximate surface area is 182 Å². The number of anilines is 1. The third-order valence-corrected chi connectivity index (χ3v) is 5.21. The predicted octanol–water partition coefficient (Wildman–Crippen LogP) is 1.63. The lowest BCUT2D eigenvalue weighted by molar-refractivity contribution is -0.114. The van der Waals surface area contributed by atoms with Crippen molar-refractivity contribution in [2.24, 2.45) is 0 Å². The number of nitrogens with zero attached hydrogens (tertiary/aromatic N) is 3. The summed E-state index contributed by atoms with van der Waals surface area (Å²) < 4.78 is 19.1. The molecule has 2 N–H and O–H groups in total. The molecule has 3 aromatic rings. The van der Waals surface area contributed by atoms with E-state index >= 15 is 0 Å². The van der Waals surface area contributed by atoms with Gasteiger partial charge in [-0.25, -0.2) is 9.78 Å². The van der Waals surface area contributed by atoms with Crippen molar-refractivity contribution in [3.8, 4) is 0 Å². The Morgan fingerprint density at radius 3 is 2.66 bits per heavy atom. The zero-order valence-corrected chi connectivity index (χ0v) is 17.8. The van der Waals surface area contributed by atoms with Crippen LogP contribution in [0.5, 0.6) is 0 Å². The van der Waals surface area contributed by atoms with E-state index in [4.69, 9.17) is 14.2 Å². The number of ether oxygens (including phenoxy) is 3.